The SMILES string of the molecule is CC(C)(C)c1ccc(C=NNC(N)=O)cc1O. The monoisotopic (exact) mass is 235 g/mol. The van der Waals surface area contributed by atoms with Gasteiger partial charge < -0.3 is 10.8 Å². The molecule has 0 unspecified atom stereocenters. The van der Waals surface area contributed by atoms with E-state index in [4.69, 9.17) is 5.73 Å². The fraction of sp³-hybridized carbons (Fsp3) is 0.333. The summed E-state index contributed by atoms with van der Waals surface area (Å²) in [5.41, 5.74) is 8.36. The van der Waals surface area contributed by atoms with E-state index in [0.717, 1.165) is 5.56 Å². The summed E-state index contributed by atoms with van der Waals surface area (Å²) in [5.74, 6) is 0.209. The Morgan fingerprint density at radius 3 is 2.59 bits per heavy atom. The van der Waals surface area contributed by atoms with Gasteiger partial charge in [0.05, 0.1) is 6.21 Å². The summed E-state index contributed by atoms with van der Waals surface area (Å²) in [6.07, 6.45) is 1.41. The van der Waals surface area contributed by atoms with E-state index < -0.39 is 6.03 Å². The molecule has 0 aliphatic heterocycles. The first-order chi connectivity index (χ1) is 7.80. The lowest BCUT2D eigenvalue weighted by molar-refractivity contribution is 0.249. The fourth-order valence-corrected chi connectivity index (χ4v) is 1.43. The van der Waals surface area contributed by atoms with Crippen molar-refractivity contribution in [1.29, 1.82) is 0 Å². The molecule has 92 valence electrons. The summed E-state index contributed by atoms with van der Waals surface area (Å²) in [4.78, 5) is 10.4. The van der Waals surface area contributed by atoms with Gasteiger partial charge in [0, 0.05) is 0 Å². The normalized spacial score (nSPS) is 11.7. The smallest absolute Gasteiger partial charge is 0.332 e. The van der Waals surface area contributed by atoms with Crippen molar-refractivity contribution >= 4 is 12.2 Å². The van der Waals surface area contributed by atoms with Crippen LogP contribution in [0.1, 0.15) is 31.9 Å². The molecule has 0 aliphatic rings. The molecule has 1 rings (SSSR count). The quantitative estimate of drug-likeness (QED) is 0.538. The van der Waals surface area contributed by atoms with Crippen LogP contribution in [0.5, 0.6) is 5.75 Å². The van der Waals surface area contributed by atoms with Gasteiger partial charge in [-0.1, -0.05) is 32.9 Å². The van der Waals surface area contributed by atoms with Gasteiger partial charge in [0.15, 0.2) is 0 Å². The molecule has 0 saturated heterocycles. The molecule has 2 amide bonds. The zero-order valence-electron chi connectivity index (χ0n) is 10.2. The number of nitrogens with two attached hydrogens (primary N) is 1. The highest BCUT2D eigenvalue weighted by molar-refractivity contribution is 5.82. The second kappa shape index (κ2) is 4.86. The lowest BCUT2D eigenvalue weighted by atomic mass is 9.86. The van der Waals surface area contributed by atoms with Gasteiger partial charge in [-0.05, 0) is 22.6 Å². The zero-order valence-corrected chi connectivity index (χ0v) is 10.2. The number of hydrogen-bond donors (Lipinski definition) is 3. The Bertz CT molecular complexity index is 448. The molecular weight excluding hydrogens is 218 g/mol. The highest BCUT2D eigenvalue weighted by atomic mass is 16.3. The first-order valence-electron chi connectivity index (χ1n) is 5.22. The number of rotatable bonds is 2. The third kappa shape index (κ3) is 3.79. The lowest BCUT2D eigenvalue weighted by Crippen LogP contribution is -2.24. The maximum Gasteiger partial charge on any atom is 0.332 e. The number of amides is 2. The topological polar surface area (TPSA) is 87.7 Å². The molecule has 0 spiro atoms. The van der Waals surface area contributed by atoms with Crippen molar-refractivity contribution in [1.82, 2.24) is 5.43 Å². The molecule has 5 nitrogen and oxygen atoms in total. The van der Waals surface area contributed by atoms with E-state index in [-0.39, 0.29) is 11.2 Å². The molecule has 0 aromatic heterocycles. The van der Waals surface area contributed by atoms with Crippen molar-refractivity contribution in [2.24, 2.45) is 10.8 Å². The first-order valence-corrected chi connectivity index (χ1v) is 5.22. The molecule has 0 saturated carbocycles. The van der Waals surface area contributed by atoms with E-state index in [1.807, 2.05) is 32.9 Å². The second-order valence-corrected chi connectivity index (χ2v) is 4.76. The van der Waals surface area contributed by atoms with Crippen LogP contribution in [0.2, 0.25) is 0 Å². The van der Waals surface area contributed by atoms with Gasteiger partial charge in [-0.25, -0.2) is 10.2 Å². The number of hydrazone groups is 1. The van der Waals surface area contributed by atoms with Crippen LogP contribution in [0.25, 0.3) is 0 Å². The summed E-state index contributed by atoms with van der Waals surface area (Å²) in [6.45, 7) is 6.05. The minimum atomic E-state index is -0.725. The third-order valence-corrected chi connectivity index (χ3v) is 2.22. The molecule has 0 heterocycles. The predicted molar refractivity (Wildman–Crippen MR) is 67.1 cm³/mol. The van der Waals surface area contributed by atoms with E-state index in [1.54, 1.807) is 6.07 Å². The minimum absolute atomic E-state index is 0.120. The van der Waals surface area contributed by atoms with Crippen LogP contribution in [0, 0.1) is 0 Å². The first kappa shape index (κ1) is 13.0. The second-order valence-electron chi connectivity index (χ2n) is 4.76. The molecule has 1 aromatic rings. The maximum absolute atomic E-state index is 10.4. The average Bonchev–Trinajstić information content (AvgIpc) is 2.14. The van der Waals surface area contributed by atoms with Crippen molar-refractivity contribution in [3.8, 4) is 5.75 Å². The van der Waals surface area contributed by atoms with Crippen molar-refractivity contribution in [3.05, 3.63) is 29.3 Å². The molecule has 0 radical (unpaired) electrons. The van der Waals surface area contributed by atoms with E-state index in [2.05, 4.69) is 10.5 Å². The number of phenols is 1. The summed E-state index contributed by atoms with van der Waals surface area (Å²) in [7, 11) is 0. The summed E-state index contributed by atoms with van der Waals surface area (Å²) < 4.78 is 0. The molecule has 4 N–H and O–H groups in total. The molecule has 5 heteroatoms. The van der Waals surface area contributed by atoms with E-state index >= 15 is 0 Å². The molecule has 0 atom stereocenters. The number of carbonyl (C=O) groups is 1. The van der Waals surface area contributed by atoms with Crippen LogP contribution in [-0.2, 0) is 5.41 Å². The molecule has 1 aromatic carbocycles. The molecular formula is C12H17N3O2. The van der Waals surface area contributed by atoms with Crippen molar-refractivity contribution in [2.75, 3.05) is 0 Å². The summed E-state index contributed by atoms with van der Waals surface area (Å²) in [5, 5.41) is 13.5. The summed E-state index contributed by atoms with van der Waals surface area (Å²) >= 11 is 0. The zero-order chi connectivity index (χ0) is 13.1. The maximum atomic E-state index is 10.4. The molecule has 0 fully saturated rings. The van der Waals surface area contributed by atoms with E-state index in [0.29, 0.717) is 5.56 Å². The average molecular weight is 235 g/mol. The minimum Gasteiger partial charge on any atom is -0.508 e. The third-order valence-electron chi connectivity index (χ3n) is 2.22. The number of primary amides is 1. The van der Waals surface area contributed by atoms with Crippen molar-refractivity contribution in [2.45, 2.75) is 26.2 Å². The number of aromatic hydroxyl groups is 1. The summed E-state index contributed by atoms with van der Waals surface area (Å²) in [6, 6.07) is 4.51. The Hall–Kier alpha value is -2.04. The van der Waals surface area contributed by atoms with Crippen LogP contribution in [0.15, 0.2) is 23.3 Å². The molecule has 0 aliphatic carbocycles. The Kier molecular flexibility index (Phi) is 3.73. The van der Waals surface area contributed by atoms with Gasteiger partial charge in [0.2, 0.25) is 0 Å². The number of hydrogen-bond acceptors (Lipinski definition) is 3. The van der Waals surface area contributed by atoms with Crippen molar-refractivity contribution < 1.29 is 9.90 Å². The van der Waals surface area contributed by atoms with Gasteiger partial charge in [-0.15, -0.1) is 0 Å². The number of nitrogens with zero attached hydrogens (tertiary/aromatic N) is 1. The Morgan fingerprint density at radius 1 is 1.47 bits per heavy atom. The Morgan fingerprint density at radius 2 is 2.12 bits per heavy atom. The van der Waals surface area contributed by atoms with Crippen LogP contribution in [0.3, 0.4) is 0 Å². The standard InChI is InChI=1S/C12H17N3O2/c1-12(2,3)9-5-4-8(6-10(9)16)7-14-15-11(13)17/h4-7,16H,1-3H3,(H3,13,15,17). The largest absolute Gasteiger partial charge is 0.508 e. The number of nitrogens with one attached hydrogen (secondary N) is 1. The van der Waals surface area contributed by atoms with E-state index in [9.17, 15) is 9.90 Å². The Labute approximate surface area is 100 Å². The van der Waals surface area contributed by atoms with Gasteiger partial charge in [0.1, 0.15) is 5.75 Å². The number of phenolic OH excluding ortho intramolecular Hbond substituents is 1. The number of carbonyl (C=O) groups excluding carboxylic acids is 1. The lowest BCUT2D eigenvalue weighted by Gasteiger charge is -2.20. The van der Waals surface area contributed by atoms with Gasteiger partial charge in [-0.3, -0.25) is 0 Å². The van der Waals surface area contributed by atoms with Gasteiger partial charge >= 0.3 is 6.03 Å². The van der Waals surface area contributed by atoms with Crippen LogP contribution < -0.4 is 11.2 Å². The van der Waals surface area contributed by atoms with Gasteiger partial charge in [0.25, 0.3) is 0 Å². The highest BCUT2D eigenvalue weighted by Gasteiger charge is 2.17. The van der Waals surface area contributed by atoms with Crippen LogP contribution in [0.4, 0.5) is 4.79 Å². The predicted octanol–water partition coefficient (Wildman–Crippen LogP) is 1.69. The Balaban J connectivity index is 2.90. The molecule has 17 heavy (non-hydrogen) atoms. The molecule has 0 bridgehead atoms. The van der Waals surface area contributed by atoms with Crippen LogP contribution in [-0.4, -0.2) is 17.4 Å². The van der Waals surface area contributed by atoms with Gasteiger partial charge in [-0.2, -0.15) is 5.10 Å². The number of urea groups is 1. The van der Waals surface area contributed by atoms with Crippen molar-refractivity contribution in [3.63, 3.8) is 0 Å². The fourth-order valence-electron chi connectivity index (χ4n) is 1.43. The van der Waals surface area contributed by atoms with Crippen LogP contribution >= 0.6 is 0 Å². The van der Waals surface area contributed by atoms with E-state index in [1.165, 1.54) is 6.21 Å². The number of benzene rings is 1. The highest BCUT2D eigenvalue weighted by Crippen LogP contribution is 2.30.